The van der Waals surface area contributed by atoms with Gasteiger partial charge in [-0.3, -0.25) is 14.6 Å². The molecule has 0 saturated heterocycles. The van der Waals surface area contributed by atoms with E-state index >= 15 is 0 Å². The first-order valence-corrected chi connectivity index (χ1v) is 8.51. The third-order valence-electron chi connectivity index (χ3n) is 3.42. The summed E-state index contributed by atoms with van der Waals surface area (Å²) in [5.74, 6) is -0.166. The zero-order valence-electron chi connectivity index (χ0n) is 13.2. The molecule has 3 aromatic rings. The van der Waals surface area contributed by atoms with E-state index in [-0.39, 0.29) is 18.9 Å². The maximum Gasteiger partial charge on any atom is 0.328 e. The Balaban J connectivity index is 1.43. The van der Waals surface area contributed by atoms with Crippen molar-refractivity contribution in [3.63, 3.8) is 0 Å². The van der Waals surface area contributed by atoms with Crippen molar-refractivity contribution in [3.8, 4) is 5.13 Å². The Labute approximate surface area is 146 Å². The molecule has 3 rings (SSSR count). The molecule has 0 fully saturated rings. The number of nitrogens with zero attached hydrogens (tertiary/aromatic N) is 4. The number of amides is 1. The van der Waals surface area contributed by atoms with Gasteiger partial charge in [0.1, 0.15) is 0 Å². The van der Waals surface area contributed by atoms with Gasteiger partial charge in [0.2, 0.25) is 11.0 Å². The fraction of sp³-hybridized carbons (Fsp3) is 0.267. The quantitative estimate of drug-likeness (QED) is 0.612. The Kier molecular flexibility index (Phi) is 5.19. The topological polar surface area (TPSA) is 115 Å². The second-order valence-electron chi connectivity index (χ2n) is 5.23. The van der Waals surface area contributed by atoms with Crippen LogP contribution in [-0.2, 0) is 17.8 Å². The highest BCUT2D eigenvalue weighted by molar-refractivity contribution is 7.12. The van der Waals surface area contributed by atoms with Crippen LogP contribution < -0.4 is 16.6 Å². The molecule has 0 aliphatic rings. The number of carbonyl (C=O) groups excluding carboxylic acids is 1. The zero-order chi connectivity index (χ0) is 17.6. The molecule has 10 heteroatoms. The number of carbonyl (C=O) groups is 1. The van der Waals surface area contributed by atoms with E-state index in [1.807, 2.05) is 17.6 Å². The molecule has 0 aliphatic heterocycles. The molecule has 2 N–H and O–H groups in total. The highest BCUT2D eigenvalue weighted by Gasteiger charge is 2.06. The number of thiazole rings is 1. The van der Waals surface area contributed by atoms with Crippen LogP contribution in [0.4, 0.5) is 0 Å². The van der Waals surface area contributed by atoms with Crippen LogP contribution in [0, 0.1) is 0 Å². The highest BCUT2D eigenvalue weighted by Crippen LogP contribution is 2.13. The lowest BCUT2D eigenvalue weighted by atomic mass is 10.3. The van der Waals surface area contributed by atoms with Gasteiger partial charge in [-0.15, -0.1) is 11.3 Å². The third-order valence-corrected chi connectivity index (χ3v) is 4.30. The summed E-state index contributed by atoms with van der Waals surface area (Å²) in [6.45, 7) is 0.670. The number of aromatic amines is 1. The van der Waals surface area contributed by atoms with Crippen molar-refractivity contribution in [2.45, 2.75) is 19.4 Å². The van der Waals surface area contributed by atoms with Gasteiger partial charge < -0.3 is 9.88 Å². The van der Waals surface area contributed by atoms with Gasteiger partial charge >= 0.3 is 5.69 Å². The van der Waals surface area contributed by atoms with Crippen molar-refractivity contribution in [1.82, 2.24) is 29.6 Å². The normalized spacial score (nSPS) is 10.7. The molecule has 3 aromatic heterocycles. The fourth-order valence-corrected chi connectivity index (χ4v) is 2.96. The second kappa shape index (κ2) is 7.71. The molecule has 130 valence electrons. The Morgan fingerprint density at radius 3 is 2.96 bits per heavy atom. The van der Waals surface area contributed by atoms with Crippen molar-refractivity contribution in [1.29, 1.82) is 0 Å². The summed E-state index contributed by atoms with van der Waals surface area (Å²) in [5.41, 5.74) is -0.0926. The van der Waals surface area contributed by atoms with Crippen LogP contribution in [0.25, 0.3) is 5.13 Å². The van der Waals surface area contributed by atoms with E-state index in [0.717, 1.165) is 10.8 Å². The highest BCUT2D eigenvalue weighted by atomic mass is 32.1. The molecule has 0 atom stereocenters. The summed E-state index contributed by atoms with van der Waals surface area (Å²) in [4.78, 5) is 40.9. The van der Waals surface area contributed by atoms with E-state index in [2.05, 4.69) is 20.4 Å². The van der Waals surface area contributed by atoms with Crippen LogP contribution in [0.2, 0.25) is 0 Å². The third kappa shape index (κ3) is 4.51. The maximum absolute atomic E-state index is 11.8. The molecule has 0 saturated carbocycles. The number of aryl methyl sites for hydroxylation is 1. The molecule has 0 aliphatic carbocycles. The fourth-order valence-electron chi connectivity index (χ4n) is 2.16. The Morgan fingerprint density at radius 2 is 2.20 bits per heavy atom. The Morgan fingerprint density at radius 1 is 1.32 bits per heavy atom. The summed E-state index contributed by atoms with van der Waals surface area (Å²) in [7, 11) is 0. The number of hydrogen-bond donors (Lipinski definition) is 2. The number of hydrogen-bond acceptors (Lipinski definition) is 6. The summed E-state index contributed by atoms with van der Waals surface area (Å²) in [6, 6.07) is 3.08. The minimum Gasteiger partial charge on any atom is -0.356 e. The first kappa shape index (κ1) is 16.8. The number of nitrogens with one attached hydrogen (secondary N) is 2. The molecule has 0 unspecified atom stereocenters. The smallest absolute Gasteiger partial charge is 0.328 e. The predicted molar refractivity (Wildman–Crippen MR) is 91.9 cm³/mol. The van der Waals surface area contributed by atoms with Gasteiger partial charge in [0.15, 0.2) is 0 Å². The largest absolute Gasteiger partial charge is 0.356 e. The monoisotopic (exact) mass is 360 g/mol. The van der Waals surface area contributed by atoms with Crippen LogP contribution in [0.1, 0.15) is 12.1 Å². The molecule has 25 heavy (non-hydrogen) atoms. The summed E-state index contributed by atoms with van der Waals surface area (Å²) >= 11 is 1.49. The summed E-state index contributed by atoms with van der Waals surface area (Å²) < 4.78 is 2.98. The number of rotatable bonds is 7. The van der Waals surface area contributed by atoms with E-state index in [9.17, 15) is 14.4 Å². The van der Waals surface area contributed by atoms with Gasteiger partial charge in [0.25, 0.3) is 5.56 Å². The van der Waals surface area contributed by atoms with Gasteiger partial charge in [-0.1, -0.05) is 0 Å². The lowest BCUT2D eigenvalue weighted by Gasteiger charge is -2.05. The van der Waals surface area contributed by atoms with Gasteiger partial charge in [0.05, 0.1) is 5.69 Å². The number of H-pyrrole nitrogens is 1. The van der Waals surface area contributed by atoms with E-state index < -0.39 is 11.2 Å². The average Bonchev–Trinajstić information content (AvgIpc) is 3.25. The molecule has 3 heterocycles. The van der Waals surface area contributed by atoms with E-state index in [4.69, 9.17) is 0 Å². The lowest BCUT2D eigenvalue weighted by Crippen LogP contribution is -2.31. The van der Waals surface area contributed by atoms with Crippen LogP contribution >= 0.6 is 11.3 Å². The van der Waals surface area contributed by atoms with Crippen molar-refractivity contribution >= 4 is 17.2 Å². The van der Waals surface area contributed by atoms with Gasteiger partial charge in [0, 0.05) is 56.0 Å². The molecule has 1 amide bonds. The van der Waals surface area contributed by atoms with Crippen LogP contribution in [0.5, 0.6) is 0 Å². The van der Waals surface area contributed by atoms with Gasteiger partial charge in [-0.2, -0.15) is 5.10 Å². The van der Waals surface area contributed by atoms with Crippen molar-refractivity contribution < 1.29 is 4.79 Å². The molecule has 9 nitrogen and oxygen atoms in total. The molecular weight excluding hydrogens is 344 g/mol. The molecule has 0 bridgehead atoms. The molecule has 0 aromatic carbocycles. The SMILES string of the molecule is O=C(CCn1ccc(=O)[nH]c1=O)NCCc1csc(-n2cccn2)n1. The Bertz CT molecular complexity index is 956. The van der Waals surface area contributed by atoms with Crippen LogP contribution in [0.3, 0.4) is 0 Å². The van der Waals surface area contributed by atoms with E-state index in [0.29, 0.717) is 13.0 Å². The molecule has 0 radical (unpaired) electrons. The minimum atomic E-state index is -0.520. The van der Waals surface area contributed by atoms with Crippen LogP contribution in [-0.4, -0.2) is 36.8 Å². The summed E-state index contributed by atoms with van der Waals surface area (Å²) in [6.07, 6.45) is 5.66. The lowest BCUT2D eigenvalue weighted by molar-refractivity contribution is -0.121. The van der Waals surface area contributed by atoms with E-state index in [1.54, 1.807) is 10.9 Å². The minimum absolute atomic E-state index is 0.154. The number of aromatic nitrogens is 5. The average molecular weight is 360 g/mol. The van der Waals surface area contributed by atoms with E-state index in [1.165, 1.54) is 28.2 Å². The molecule has 0 spiro atoms. The standard InChI is InChI=1S/C15H16N6O3S/c22-12(3-8-20-9-4-13(23)19-14(20)24)16-6-2-11-10-25-15(18-11)21-7-1-5-17-21/h1,4-5,7,9-10H,2-3,6,8H2,(H,16,22)(H,19,23,24). The molecular formula is C15H16N6O3S. The van der Waals surface area contributed by atoms with Crippen molar-refractivity contribution in [3.05, 3.63) is 62.6 Å². The van der Waals surface area contributed by atoms with Crippen molar-refractivity contribution in [2.75, 3.05) is 6.54 Å². The maximum atomic E-state index is 11.8. The first-order valence-electron chi connectivity index (χ1n) is 7.63. The Hall–Kier alpha value is -3.01. The van der Waals surface area contributed by atoms with Crippen molar-refractivity contribution in [2.24, 2.45) is 0 Å². The second-order valence-corrected chi connectivity index (χ2v) is 6.06. The first-order chi connectivity index (χ1) is 12.1. The summed E-state index contributed by atoms with van der Waals surface area (Å²) in [5, 5.41) is 9.63. The van der Waals surface area contributed by atoms with Crippen LogP contribution in [0.15, 0.2) is 45.7 Å². The van der Waals surface area contributed by atoms with Gasteiger partial charge in [-0.05, 0) is 6.07 Å². The zero-order valence-corrected chi connectivity index (χ0v) is 14.0. The van der Waals surface area contributed by atoms with Gasteiger partial charge in [-0.25, -0.2) is 14.5 Å². The predicted octanol–water partition coefficient (Wildman–Crippen LogP) is -0.0722.